The van der Waals surface area contributed by atoms with Gasteiger partial charge in [0.05, 0.1) is 26.4 Å². The lowest BCUT2D eigenvalue weighted by molar-refractivity contribution is -0.146. The zero-order valence-corrected chi connectivity index (χ0v) is 11.3. The van der Waals surface area contributed by atoms with Gasteiger partial charge in [-0.25, -0.2) is 0 Å². The highest BCUT2D eigenvalue weighted by molar-refractivity contribution is 5.99. The number of methoxy groups -OCH3 is 1. The lowest BCUT2D eigenvalue weighted by atomic mass is 9.86. The lowest BCUT2D eigenvalue weighted by Crippen LogP contribution is -2.53. The van der Waals surface area contributed by atoms with Crippen molar-refractivity contribution in [2.45, 2.75) is 6.92 Å². The monoisotopic (exact) mass is 260 g/mol. The van der Waals surface area contributed by atoms with Crippen molar-refractivity contribution in [3.63, 3.8) is 0 Å². The van der Waals surface area contributed by atoms with Gasteiger partial charge in [-0.3, -0.25) is 4.79 Å². The molecule has 0 radical (unpaired) electrons. The highest BCUT2D eigenvalue weighted by atomic mass is 16.5. The Morgan fingerprint density at radius 2 is 2.21 bits per heavy atom. The molecule has 1 saturated heterocycles. The number of aryl methyl sites for hydroxylation is 1. The standard InChI is InChI=1S/C14H16N2O3/c1-10-6-11(4-5-12(10)18-3)16(2)13(17)14(7-15)8-19-9-14/h4-6H,8-9H2,1-3H3. The van der Waals surface area contributed by atoms with Crippen LogP contribution in [0.1, 0.15) is 5.56 Å². The summed E-state index contributed by atoms with van der Waals surface area (Å²) in [6, 6.07) is 7.53. The molecular weight excluding hydrogens is 244 g/mol. The normalized spacial score (nSPS) is 16.1. The maximum absolute atomic E-state index is 12.3. The summed E-state index contributed by atoms with van der Waals surface area (Å²) in [7, 11) is 3.27. The molecule has 1 aromatic rings. The van der Waals surface area contributed by atoms with Gasteiger partial charge < -0.3 is 14.4 Å². The van der Waals surface area contributed by atoms with Crippen molar-refractivity contribution in [3.8, 4) is 11.8 Å². The summed E-state index contributed by atoms with van der Waals surface area (Å²) < 4.78 is 10.2. The van der Waals surface area contributed by atoms with Gasteiger partial charge in [0.2, 0.25) is 0 Å². The van der Waals surface area contributed by atoms with E-state index < -0.39 is 5.41 Å². The van der Waals surface area contributed by atoms with Gasteiger partial charge in [0, 0.05) is 12.7 Å². The van der Waals surface area contributed by atoms with Crippen LogP contribution in [0.5, 0.6) is 5.75 Å². The molecule has 100 valence electrons. The molecule has 0 aliphatic carbocycles. The lowest BCUT2D eigenvalue weighted by Gasteiger charge is -2.36. The zero-order valence-electron chi connectivity index (χ0n) is 11.3. The topological polar surface area (TPSA) is 62.6 Å². The summed E-state index contributed by atoms with van der Waals surface area (Å²) in [6.07, 6.45) is 0. The maximum atomic E-state index is 12.3. The van der Waals surface area contributed by atoms with Gasteiger partial charge in [0.1, 0.15) is 5.75 Å². The van der Waals surface area contributed by atoms with E-state index in [1.165, 1.54) is 4.90 Å². The Labute approximate surface area is 112 Å². The quantitative estimate of drug-likeness (QED) is 0.826. The second-order valence-electron chi connectivity index (χ2n) is 4.70. The summed E-state index contributed by atoms with van der Waals surface area (Å²) >= 11 is 0. The van der Waals surface area contributed by atoms with E-state index in [2.05, 4.69) is 6.07 Å². The number of nitriles is 1. The van der Waals surface area contributed by atoms with Crippen molar-refractivity contribution in [1.82, 2.24) is 0 Å². The SMILES string of the molecule is COc1ccc(N(C)C(=O)C2(C#N)COC2)cc1C. The van der Waals surface area contributed by atoms with Crippen LogP contribution in [0, 0.1) is 23.7 Å². The molecule has 1 aliphatic rings. The first-order valence-corrected chi connectivity index (χ1v) is 5.96. The third-order valence-corrected chi connectivity index (χ3v) is 3.39. The minimum atomic E-state index is -1.03. The molecule has 0 N–H and O–H groups in total. The molecular formula is C14H16N2O3. The van der Waals surface area contributed by atoms with Gasteiger partial charge in [0.25, 0.3) is 5.91 Å². The van der Waals surface area contributed by atoms with Gasteiger partial charge in [-0.2, -0.15) is 5.26 Å². The molecule has 1 heterocycles. The number of ether oxygens (including phenoxy) is 2. The fraction of sp³-hybridized carbons (Fsp3) is 0.429. The molecule has 0 saturated carbocycles. The van der Waals surface area contributed by atoms with Crippen molar-refractivity contribution >= 4 is 11.6 Å². The molecule has 5 nitrogen and oxygen atoms in total. The first-order chi connectivity index (χ1) is 9.04. The molecule has 1 aliphatic heterocycles. The van der Waals surface area contributed by atoms with Crippen LogP contribution < -0.4 is 9.64 Å². The molecule has 1 aromatic carbocycles. The molecule has 1 amide bonds. The van der Waals surface area contributed by atoms with Gasteiger partial charge in [-0.15, -0.1) is 0 Å². The van der Waals surface area contributed by atoms with Crippen molar-refractivity contribution in [1.29, 1.82) is 5.26 Å². The number of carbonyl (C=O) groups excluding carboxylic acids is 1. The number of anilines is 1. The number of hydrogen-bond donors (Lipinski definition) is 0. The first-order valence-electron chi connectivity index (χ1n) is 5.96. The minimum Gasteiger partial charge on any atom is -0.496 e. The molecule has 0 bridgehead atoms. The molecule has 1 fully saturated rings. The van der Waals surface area contributed by atoms with Crippen LogP contribution in [0.4, 0.5) is 5.69 Å². The minimum absolute atomic E-state index is 0.168. The summed E-state index contributed by atoms with van der Waals surface area (Å²) in [4.78, 5) is 13.8. The van der Waals surface area contributed by atoms with Crippen LogP contribution in [0.25, 0.3) is 0 Å². The maximum Gasteiger partial charge on any atom is 0.252 e. The number of nitrogens with zero attached hydrogens (tertiary/aromatic N) is 2. The molecule has 2 rings (SSSR count). The predicted octanol–water partition coefficient (Wildman–Crippen LogP) is 1.51. The Hall–Kier alpha value is -2.06. The first kappa shape index (κ1) is 13.4. The second kappa shape index (κ2) is 4.90. The summed E-state index contributed by atoms with van der Waals surface area (Å²) in [5.74, 6) is 0.539. The Bertz CT molecular complexity index is 544. The molecule has 19 heavy (non-hydrogen) atoms. The van der Waals surface area contributed by atoms with E-state index in [4.69, 9.17) is 14.7 Å². The van der Waals surface area contributed by atoms with Crippen molar-refractivity contribution in [2.24, 2.45) is 5.41 Å². The Kier molecular flexibility index (Phi) is 3.45. The molecule has 0 spiro atoms. The molecule has 0 atom stereocenters. The molecule has 5 heteroatoms. The van der Waals surface area contributed by atoms with E-state index in [-0.39, 0.29) is 19.1 Å². The highest BCUT2D eigenvalue weighted by Crippen LogP contribution is 2.31. The van der Waals surface area contributed by atoms with E-state index in [0.29, 0.717) is 0 Å². The smallest absolute Gasteiger partial charge is 0.252 e. The van der Waals surface area contributed by atoms with Crippen LogP contribution in [-0.2, 0) is 9.53 Å². The summed E-state index contributed by atoms with van der Waals surface area (Å²) in [5, 5.41) is 9.14. The number of hydrogen-bond acceptors (Lipinski definition) is 4. The number of benzene rings is 1. The van der Waals surface area contributed by atoms with Crippen molar-refractivity contribution in [2.75, 3.05) is 32.3 Å². The van der Waals surface area contributed by atoms with E-state index >= 15 is 0 Å². The number of rotatable bonds is 3. The number of amides is 1. The highest BCUT2D eigenvalue weighted by Gasteiger charge is 2.48. The molecule has 0 unspecified atom stereocenters. The van der Waals surface area contributed by atoms with Crippen LogP contribution in [0.15, 0.2) is 18.2 Å². The van der Waals surface area contributed by atoms with Crippen molar-refractivity contribution in [3.05, 3.63) is 23.8 Å². The zero-order chi connectivity index (χ0) is 14.0. The fourth-order valence-electron chi connectivity index (χ4n) is 2.05. The van der Waals surface area contributed by atoms with Crippen LogP contribution >= 0.6 is 0 Å². The van der Waals surface area contributed by atoms with Crippen LogP contribution in [-0.4, -0.2) is 33.3 Å². The average molecular weight is 260 g/mol. The second-order valence-corrected chi connectivity index (χ2v) is 4.70. The van der Waals surface area contributed by atoms with Gasteiger partial charge >= 0.3 is 0 Å². The predicted molar refractivity (Wildman–Crippen MR) is 70.0 cm³/mol. The summed E-state index contributed by atoms with van der Waals surface area (Å²) in [6.45, 7) is 2.25. The van der Waals surface area contributed by atoms with E-state index in [0.717, 1.165) is 17.0 Å². The third-order valence-electron chi connectivity index (χ3n) is 3.39. The van der Waals surface area contributed by atoms with Crippen LogP contribution in [0.3, 0.4) is 0 Å². The Morgan fingerprint density at radius 1 is 1.53 bits per heavy atom. The Morgan fingerprint density at radius 3 is 2.63 bits per heavy atom. The third kappa shape index (κ3) is 2.15. The van der Waals surface area contributed by atoms with Gasteiger partial charge in [0.15, 0.2) is 5.41 Å². The van der Waals surface area contributed by atoms with E-state index in [1.807, 2.05) is 19.1 Å². The fourth-order valence-corrected chi connectivity index (χ4v) is 2.05. The van der Waals surface area contributed by atoms with Crippen molar-refractivity contribution < 1.29 is 14.3 Å². The summed E-state index contributed by atoms with van der Waals surface area (Å²) in [5.41, 5.74) is 0.656. The largest absolute Gasteiger partial charge is 0.496 e. The Balaban J connectivity index is 2.25. The van der Waals surface area contributed by atoms with Gasteiger partial charge in [-0.1, -0.05) is 0 Å². The number of carbonyl (C=O) groups is 1. The van der Waals surface area contributed by atoms with E-state index in [9.17, 15) is 4.79 Å². The van der Waals surface area contributed by atoms with Crippen LogP contribution in [0.2, 0.25) is 0 Å². The average Bonchev–Trinajstić information content (AvgIpc) is 2.37. The van der Waals surface area contributed by atoms with Gasteiger partial charge in [-0.05, 0) is 30.7 Å². The molecule has 0 aromatic heterocycles. The van der Waals surface area contributed by atoms with E-state index in [1.54, 1.807) is 20.2 Å².